The fraction of sp³-hybridized carbons (Fsp3) is 0.381. The maximum Gasteiger partial charge on any atom is 0.349 e. The molecule has 3 rings (SSSR count). The summed E-state index contributed by atoms with van der Waals surface area (Å²) in [5, 5.41) is 9.59. The van der Waals surface area contributed by atoms with Crippen LogP contribution in [0.15, 0.2) is 23.8 Å². The highest BCUT2D eigenvalue weighted by Crippen LogP contribution is 2.50. The highest BCUT2D eigenvalue weighted by molar-refractivity contribution is 6.38. The van der Waals surface area contributed by atoms with Crippen LogP contribution in [-0.4, -0.2) is 24.0 Å². The van der Waals surface area contributed by atoms with Gasteiger partial charge in [0.25, 0.3) is 5.91 Å². The lowest BCUT2D eigenvalue weighted by Crippen LogP contribution is -2.46. The number of allylic oxidation sites excluding steroid dienone is 1. The van der Waals surface area contributed by atoms with E-state index in [-0.39, 0.29) is 23.7 Å². The number of benzene rings is 1. The number of carbonyl (C=O) groups is 2. The number of hydrogen-bond acceptors (Lipinski definition) is 4. The zero-order valence-corrected chi connectivity index (χ0v) is 15.8. The van der Waals surface area contributed by atoms with Crippen LogP contribution in [0.25, 0.3) is 11.1 Å². The fourth-order valence-corrected chi connectivity index (χ4v) is 3.83. The minimum atomic E-state index is -0.753. The zero-order chi connectivity index (χ0) is 19.2. The van der Waals surface area contributed by atoms with Gasteiger partial charge in [-0.3, -0.25) is 9.69 Å². The smallest absolute Gasteiger partial charge is 0.349 e. The van der Waals surface area contributed by atoms with E-state index in [0.29, 0.717) is 5.56 Å². The van der Waals surface area contributed by atoms with E-state index in [9.17, 15) is 14.9 Å². The number of rotatable bonds is 3. The van der Waals surface area contributed by atoms with E-state index < -0.39 is 11.5 Å². The molecule has 0 spiro atoms. The van der Waals surface area contributed by atoms with Crippen molar-refractivity contribution in [2.75, 3.05) is 11.5 Å². The molecule has 5 heteroatoms. The molecular formula is C21H22N2O3. The lowest BCUT2D eigenvalue weighted by Gasteiger charge is -2.38. The number of aryl methyl sites for hydroxylation is 1. The highest BCUT2D eigenvalue weighted by atomic mass is 16.5. The predicted molar refractivity (Wildman–Crippen MR) is 100 cm³/mol. The molecule has 0 aromatic heterocycles. The minimum Gasteiger partial charge on any atom is -0.462 e. The standard InChI is InChI=1S/C21H22N2O3/c1-6-13-8-14-12(3)10-21(4,5)23-18(14)15(9-13)17(19(23)24)16(11-22)20(25)26-7-2/h8-10H,6-7H2,1-5H3. The summed E-state index contributed by atoms with van der Waals surface area (Å²) in [6.45, 7) is 9.79. The van der Waals surface area contributed by atoms with Gasteiger partial charge in [-0.2, -0.15) is 5.26 Å². The Hall–Kier alpha value is -2.87. The molecule has 2 heterocycles. The molecule has 0 bridgehead atoms. The van der Waals surface area contributed by atoms with Crippen LogP contribution in [0.1, 0.15) is 51.3 Å². The van der Waals surface area contributed by atoms with E-state index in [1.165, 1.54) is 0 Å². The van der Waals surface area contributed by atoms with Crippen molar-refractivity contribution < 1.29 is 14.3 Å². The normalized spacial score (nSPS) is 18.8. The second-order valence-electron chi connectivity index (χ2n) is 7.10. The number of amides is 1. The summed E-state index contributed by atoms with van der Waals surface area (Å²) >= 11 is 0. The van der Waals surface area contributed by atoms with E-state index in [4.69, 9.17) is 4.74 Å². The molecule has 1 aromatic rings. The molecular weight excluding hydrogens is 328 g/mol. The van der Waals surface area contributed by atoms with Crippen LogP contribution in [0.3, 0.4) is 0 Å². The fourth-order valence-electron chi connectivity index (χ4n) is 3.83. The number of carbonyl (C=O) groups excluding carboxylic acids is 2. The Balaban J connectivity index is 2.39. The van der Waals surface area contributed by atoms with Crippen molar-refractivity contribution in [3.8, 4) is 6.07 Å². The average Bonchev–Trinajstić information content (AvgIpc) is 2.87. The number of ether oxygens (including phenoxy) is 1. The topological polar surface area (TPSA) is 70.4 Å². The van der Waals surface area contributed by atoms with E-state index in [1.807, 2.05) is 39.8 Å². The van der Waals surface area contributed by atoms with E-state index >= 15 is 0 Å². The van der Waals surface area contributed by atoms with Crippen LogP contribution in [0, 0.1) is 11.3 Å². The monoisotopic (exact) mass is 350 g/mol. The lowest BCUT2D eigenvalue weighted by molar-refractivity contribution is -0.138. The molecule has 1 aromatic carbocycles. The van der Waals surface area contributed by atoms with Crippen LogP contribution in [0.4, 0.5) is 5.69 Å². The average molecular weight is 350 g/mol. The van der Waals surface area contributed by atoms with Crippen LogP contribution in [0.2, 0.25) is 0 Å². The van der Waals surface area contributed by atoms with E-state index in [0.717, 1.165) is 28.8 Å². The number of esters is 1. The first kappa shape index (κ1) is 17.9. The molecule has 0 aliphatic carbocycles. The Bertz CT molecular complexity index is 929. The summed E-state index contributed by atoms with van der Waals surface area (Å²) in [7, 11) is 0. The second kappa shape index (κ2) is 6.14. The van der Waals surface area contributed by atoms with Gasteiger partial charge in [-0.15, -0.1) is 0 Å². The first-order valence-electron chi connectivity index (χ1n) is 8.80. The molecule has 134 valence electrons. The van der Waals surface area contributed by atoms with Crippen LogP contribution < -0.4 is 4.90 Å². The van der Waals surface area contributed by atoms with Gasteiger partial charge in [0.1, 0.15) is 6.07 Å². The molecule has 0 atom stereocenters. The van der Waals surface area contributed by atoms with Crippen molar-refractivity contribution in [2.24, 2.45) is 0 Å². The maximum absolute atomic E-state index is 13.3. The van der Waals surface area contributed by atoms with Gasteiger partial charge >= 0.3 is 5.97 Å². The largest absolute Gasteiger partial charge is 0.462 e. The van der Waals surface area contributed by atoms with Gasteiger partial charge < -0.3 is 4.74 Å². The van der Waals surface area contributed by atoms with Crippen molar-refractivity contribution >= 4 is 28.7 Å². The molecule has 26 heavy (non-hydrogen) atoms. The molecule has 5 nitrogen and oxygen atoms in total. The number of anilines is 1. The quantitative estimate of drug-likeness (QED) is 0.474. The first-order chi connectivity index (χ1) is 12.3. The Morgan fingerprint density at radius 2 is 1.92 bits per heavy atom. The summed E-state index contributed by atoms with van der Waals surface area (Å²) < 4.78 is 5.01. The van der Waals surface area contributed by atoms with Gasteiger partial charge in [-0.05, 0) is 57.4 Å². The minimum absolute atomic E-state index is 0.147. The third kappa shape index (κ3) is 2.45. The van der Waals surface area contributed by atoms with Crippen LogP contribution in [-0.2, 0) is 20.7 Å². The Morgan fingerprint density at radius 1 is 1.27 bits per heavy atom. The van der Waals surface area contributed by atoms with Crippen molar-refractivity contribution in [1.82, 2.24) is 0 Å². The van der Waals surface area contributed by atoms with Crippen molar-refractivity contribution in [1.29, 1.82) is 5.26 Å². The number of hydrogen-bond donors (Lipinski definition) is 0. The third-order valence-electron chi connectivity index (χ3n) is 4.90. The Morgan fingerprint density at radius 3 is 2.50 bits per heavy atom. The van der Waals surface area contributed by atoms with Crippen molar-refractivity contribution in [3.05, 3.63) is 40.5 Å². The first-order valence-corrected chi connectivity index (χ1v) is 8.80. The maximum atomic E-state index is 13.3. The lowest BCUT2D eigenvalue weighted by atomic mass is 9.87. The number of nitrogens with zero attached hydrogens (tertiary/aromatic N) is 2. The van der Waals surface area contributed by atoms with Crippen LogP contribution in [0.5, 0.6) is 0 Å². The Labute approximate surface area is 153 Å². The predicted octanol–water partition coefficient (Wildman–Crippen LogP) is 3.63. The summed E-state index contributed by atoms with van der Waals surface area (Å²) in [6.07, 6.45) is 2.84. The molecule has 0 radical (unpaired) electrons. The van der Waals surface area contributed by atoms with Gasteiger partial charge in [-0.1, -0.05) is 13.0 Å². The van der Waals surface area contributed by atoms with E-state index in [2.05, 4.69) is 12.1 Å². The summed E-state index contributed by atoms with van der Waals surface area (Å²) in [6, 6.07) is 5.90. The molecule has 0 saturated heterocycles. The molecule has 0 saturated carbocycles. The molecule has 0 fully saturated rings. The third-order valence-corrected chi connectivity index (χ3v) is 4.90. The summed E-state index contributed by atoms with van der Waals surface area (Å²) in [4.78, 5) is 27.3. The van der Waals surface area contributed by atoms with Gasteiger partial charge in [0, 0.05) is 11.1 Å². The molecule has 0 unspecified atom stereocenters. The molecule has 1 amide bonds. The van der Waals surface area contributed by atoms with Gasteiger partial charge in [0.2, 0.25) is 0 Å². The Kier molecular flexibility index (Phi) is 4.23. The summed E-state index contributed by atoms with van der Waals surface area (Å²) in [5.41, 5.74) is 3.92. The van der Waals surface area contributed by atoms with Crippen molar-refractivity contribution in [2.45, 2.75) is 46.6 Å². The molecule has 2 aliphatic rings. The number of nitriles is 1. The van der Waals surface area contributed by atoms with Gasteiger partial charge in [0.15, 0.2) is 5.57 Å². The molecule has 0 N–H and O–H groups in total. The van der Waals surface area contributed by atoms with E-state index in [1.54, 1.807) is 11.8 Å². The van der Waals surface area contributed by atoms with Gasteiger partial charge in [-0.25, -0.2) is 4.79 Å². The van der Waals surface area contributed by atoms with Crippen molar-refractivity contribution in [3.63, 3.8) is 0 Å². The SMILES string of the molecule is CCOC(=O)C(C#N)=C1C(=O)N2c3c(cc(CC)cc31)C(C)=CC2(C)C. The molecule has 2 aliphatic heterocycles. The summed E-state index contributed by atoms with van der Waals surface area (Å²) in [5.74, 6) is -1.08. The van der Waals surface area contributed by atoms with Crippen LogP contribution >= 0.6 is 0 Å². The van der Waals surface area contributed by atoms with Gasteiger partial charge in [0.05, 0.1) is 23.4 Å². The second-order valence-corrected chi connectivity index (χ2v) is 7.10. The highest BCUT2D eigenvalue weighted by Gasteiger charge is 2.46. The zero-order valence-electron chi connectivity index (χ0n) is 15.8.